The minimum absolute atomic E-state index is 0.185. The molecule has 22 heavy (non-hydrogen) atoms. The third kappa shape index (κ3) is 3.27. The highest BCUT2D eigenvalue weighted by Gasteiger charge is 2.24. The molecule has 0 aliphatic heterocycles. The fourth-order valence-corrected chi connectivity index (χ4v) is 3.87. The summed E-state index contributed by atoms with van der Waals surface area (Å²) >= 11 is 1.79. The van der Waals surface area contributed by atoms with Crippen molar-refractivity contribution in [3.63, 3.8) is 0 Å². The van der Waals surface area contributed by atoms with Gasteiger partial charge < -0.3 is 10.6 Å². The van der Waals surface area contributed by atoms with Gasteiger partial charge in [-0.2, -0.15) is 0 Å². The molecule has 1 aliphatic carbocycles. The molecule has 0 bridgehead atoms. The molecule has 3 rings (SSSR count). The van der Waals surface area contributed by atoms with E-state index in [0.717, 1.165) is 29.1 Å². The van der Waals surface area contributed by atoms with Crippen molar-refractivity contribution in [3.05, 3.63) is 39.6 Å². The summed E-state index contributed by atoms with van der Waals surface area (Å²) in [7, 11) is 0. The van der Waals surface area contributed by atoms with E-state index in [9.17, 15) is 4.79 Å². The molecule has 2 N–H and O–H groups in total. The van der Waals surface area contributed by atoms with Crippen molar-refractivity contribution in [1.29, 1.82) is 0 Å². The van der Waals surface area contributed by atoms with Gasteiger partial charge in [0.2, 0.25) is 0 Å². The zero-order chi connectivity index (χ0) is 15.5. The Balaban J connectivity index is 1.59. The van der Waals surface area contributed by atoms with Crippen LogP contribution in [0.1, 0.15) is 39.9 Å². The lowest BCUT2D eigenvalue weighted by Crippen LogP contribution is -2.33. The number of aromatic nitrogens is 2. The van der Waals surface area contributed by atoms with Crippen molar-refractivity contribution >= 4 is 23.1 Å². The van der Waals surface area contributed by atoms with Crippen molar-refractivity contribution in [2.45, 2.75) is 39.0 Å². The number of nitrogens with one attached hydrogen (secondary N) is 2. The maximum Gasteiger partial charge on any atom is 0.319 e. The summed E-state index contributed by atoms with van der Waals surface area (Å²) in [5, 5.41) is 6.93. The smallest absolute Gasteiger partial charge is 0.319 e. The molecular weight excluding hydrogens is 296 g/mol. The third-order valence-electron chi connectivity index (χ3n) is 3.97. The molecule has 2 aromatic heterocycles. The minimum atomic E-state index is -0.185. The molecule has 0 aromatic carbocycles. The predicted octanol–water partition coefficient (Wildman–Crippen LogP) is 3.40. The number of urea groups is 1. The van der Waals surface area contributed by atoms with Gasteiger partial charge in [-0.3, -0.25) is 4.98 Å². The molecule has 2 heterocycles. The number of thiazole rings is 1. The van der Waals surface area contributed by atoms with Crippen LogP contribution in [0.3, 0.4) is 0 Å². The van der Waals surface area contributed by atoms with Gasteiger partial charge in [0.1, 0.15) is 0 Å². The van der Waals surface area contributed by atoms with Crippen LogP contribution in [0.5, 0.6) is 0 Å². The van der Waals surface area contributed by atoms with E-state index in [0.29, 0.717) is 12.5 Å². The van der Waals surface area contributed by atoms with Gasteiger partial charge >= 0.3 is 6.03 Å². The van der Waals surface area contributed by atoms with E-state index < -0.39 is 0 Å². The number of carbonyl (C=O) groups excluding carboxylic acids is 1. The highest BCUT2D eigenvalue weighted by molar-refractivity contribution is 7.11. The first-order valence-corrected chi connectivity index (χ1v) is 8.37. The third-order valence-corrected chi connectivity index (χ3v) is 5.02. The topological polar surface area (TPSA) is 66.9 Å². The van der Waals surface area contributed by atoms with Crippen LogP contribution in [0.25, 0.3) is 0 Å². The maximum atomic E-state index is 12.1. The monoisotopic (exact) mass is 316 g/mol. The fourth-order valence-electron chi connectivity index (χ4n) is 2.81. The van der Waals surface area contributed by atoms with Crippen molar-refractivity contribution in [3.8, 4) is 0 Å². The quantitative estimate of drug-likeness (QED) is 0.912. The molecule has 0 saturated carbocycles. The number of carbonyl (C=O) groups is 1. The molecular formula is C16H20N4OS. The standard InChI is InChI=1S/C16H20N4OS/c1-10-6-7-17-9-13(10)20-16(21)18-8-12-4-3-5-14-15(12)19-11(2)22-14/h6-7,9,12H,3-5,8H2,1-2H3,(H2,18,20,21). The molecule has 0 fully saturated rings. The van der Waals surface area contributed by atoms with E-state index in [1.807, 2.05) is 19.9 Å². The summed E-state index contributed by atoms with van der Waals surface area (Å²) in [5.41, 5.74) is 2.93. The van der Waals surface area contributed by atoms with Gasteiger partial charge in [0.15, 0.2) is 0 Å². The zero-order valence-electron chi connectivity index (χ0n) is 12.8. The van der Waals surface area contributed by atoms with Gasteiger partial charge in [0.05, 0.1) is 22.6 Å². The normalized spacial score (nSPS) is 16.9. The Morgan fingerprint density at radius 1 is 1.45 bits per heavy atom. The molecule has 1 unspecified atom stereocenters. The lowest BCUT2D eigenvalue weighted by atomic mass is 9.91. The molecule has 2 amide bonds. The summed E-state index contributed by atoms with van der Waals surface area (Å²) in [6.45, 7) is 4.62. The van der Waals surface area contributed by atoms with Crippen LogP contribution < -0.4 is 10.6 Å². The Bertz CT molecular complexity index is 683. The van der Waals surface area contributed by atoms with Gasteiger partial charge in [-0.25, -0.2) is 9.78 Å². The SMILES string of the molecule is Cc1nc2c(s1)CCCC2CNC(=O)Nc1cnccc1C. The largest absolute Gasteiger partial charge is 0.337 e. The van der Waals surface area contributed by atoms with E-state index in [1.165, 1.54) is 17.0 Å². The fraction of sp³-hybridized carbons (Fsp3) is 0.438. The molecule has 0 spiro atoms. The van der Waals surface area contributed by atoms with Crippen LogP contribution in [0.15, 0.2) is 18.5 Å². The first-order chi connectivity index (χ1) is 10.6. The molecule has 5 nitrogen and oxygen atoms in total. The number of anilines is 1. The molecule has 1 atom stereocenters. The number of aryl methyl sites for hydroxylation is 3. The minimum Gasteiger partial charge on any atom is -0.337 e. The van der Waals surface area contributed by atoms with Crippen molar-refractivity contribution in [1.82, 2.24) is 15.3 Å². The van der Waals surface area contributed by atoms with E-state index in [2.05, 4.69) is 20.6 Å². The average molecular weight is 316 g/mol. The number of fused-ring (bicyclic) bond motifs is 1. The molecule has 116 valence electrons. The summed E-state index contributed by atoms with van der Waals surface area (Å²) in [5.74, 6) is 0.328. The second kappa shape index (κ2) is 6.44. The van der Waals surface area contributed by atoms with Crippen LogP contribution in [-0.2, 0) is 6.42 Å². The number of amides is 2. The Kier molecular flexibility index (Phi) is 4.38. The molecule has 6 heteroatoms. The molecule has 0 saturated heterocycles. The van der Waals surface area contributed by atoms with Crippen LogP contribution in [0.2, 0.25) is 0 Å². The van der Waals surface area contributed by atoms with Gasteiger partial charge in [-0.05, 0) is 44.7 Å². The van der Waals surface area contributed by atoms with Crippen LogP contribution in [0.4, 0.5) is 10.5 Å². The highest BCUT2D eigenvalue weighted by atomic mass is 32.1. The molecule has 0 radical (unpaired) electrons. The summed E-state index contributed by atoms with van der Waals surface area (Å²) in [4.78, 5) is 22.1. The number of hydrogen-bond donors (Lipinski definition) is 2. The Labute approximate surface area is 134 Å². The summed E-state index contributed by atoms with van der Waals surface area (Å²) < 4.78 is 0. The second-order valence-corrected chi connectivity index (χ2v) is 6.94. The lowest BCUT2D eigenvalue weighted by molar-refractivity contribution is 0.251. The van der Waals surface area contributed by atoms with Crippen molar-refractivity contribution in [2.75, 3.05) is 11.9 Å². The Hall–Kier alpha value is -1.95. The first kappa shape index (κ1) is 15.0. The van der Waals surface area contributed by atoms with E-state index in [4.69, 9.17) is 0 Å². The van der Waals surface area contributed by atoms with E-state index in [-0.39, 0.29) is 6.03 Å². The summed E-state index contributed by atoms with van der Waals surface area (Å²) in [6, 6.07) is 1.69. The molecule has 1 aliphatic rings. The van der Waals surface area contributed by atoms with Crippen molar-refractivity contribution in [2.24, 2.45) is 0 Å². The van der Waals surface area contributed by atoms with Crippen LogP contribution >= 0.6 is 11.3 Å². The van der Waals surface area contributed by atoms with Gasteiger partial charge in [0, 0.05) is 23.5 Å². The van der Waals surface area contributed by atoms with Crippen LogP contribution in [-0.4, -0.2) is 22.5 Å². The lowest BCUT2D eigenvalue weighted by Gasteiger charge is -2.21. The number of hydrogen-bond acceptors (Lipinski definition) is 4. The van der Waals surface area contributed by atoms with Crippen molar-refractivity contribution < 1.29 is 4.79 Å². The van der Waals surface area contributed by atoms with E-state index >= 15 is 0 Å². The number of rotatable bonds is 3. The van der Waals surface area contributed by atoms with Crippen LogP contribution in [0, 0.1) is 13.8 Å². The van der Waals surface area contributed by atoms with Gasteiger partial charge in [0.25, 0.3) is 0 Å². The highest BCUT2D eigenvalue weighted by Crippen LogP contribution is 2.34. The van der Waals surface area contributed by atoms with E-state index in [1.54, 1.807) is 23.7 Å². The number of nitrogens with zero attached hydrogens (tertiary/aromatic N) is 2. The number of pyridine rings is 1. The molecule has 2 aromatic rings. The zero-order valence-corrected chi connectivity index (χ0v) is 13.7. The maximum absolute atomic E-state index is 12.1. The predicted molar refractivity (Wildman–Crippen MR) is 88.5 cm³/mol. The van der Waals surface area contributed by atoms with Gasteiger partial charge in [-0.1, -0.05) is 0 Å². The average Bonchev–Trinajstić information content (AvgIpc) is 2.88. The summed E-state index contributed by atoms with van der Waals surface area (Å²) in [6.07, 6.45) is 6.76. The van der Waals surface area contributed by atoms with Gasteiger partial charge in [-0.15, -0.1) is 11.3 Å². The Morgan fingerprint density at radius 2 is 2.32 bits per heavy atom. The Morgan fingerprint density at radius 3 is 3.14 bits per heavy atom. The first-order valence-electron chi connectivity index (χ1n) is 7.55. The second-order valence-electron chi connectivity index (χ2n) is 5.66.